The van der Waals surface area contributed by atoms with Gasteiger partial charge in [0.05, 0.1) is 22.8 Å². The third kappa shape index (κ3) is 5.99. The molecule has 0 radical (unpaired) electrons. The number of pyridine rings is 2. The topological polar surface area (TPSA) is 162 Å². The number of nitro groups is 1. The van der Waals surface area contributed by atoms with Crippen molar-refractivity contribution in [2.24, 2.45) is 0 Å². The molecular formula is C26H22N4O7S. The predicted octanol–water partition coefficient (Wildman–Crippen LogP) is 4.27. The molecule has 0 unspecified atom stereocenters. The molecule has 0 aliphatic carbocycles. The number of non-ortho nitro benzene ring substituents is 1. The molecule has 2 heterocycles. The zero-order valence-corrected chi connectivity index (χ0v) is 20.8. The molecule has 11 nitrogen and oxygen atoms in total. The Hall–Kier alpha value is -4.68. The lowest BCUT2D eigenvalue weighted by Crippen LogP contribution is -2.25. The highest BCUT2D eigenvalue weighted by molar-refractivity contribution is 7.85. The van der Waals surface area contributed by atoms with Crippen LogP contribution in [0.5, 0.6) is 5.88 Å². The van der Waals surface area contributed by atoms with Crippen LogP contribution in [0.15, 0.2) is 90.2 Å². The summed E-state index contributed by atoms with van der Waals surface area (Å²) in [5.74, 6) is -1.83. The molecule has 0 aliphatic rings. The Morgan fingerprint density at radius 1 is 1.08 bits per heavy atom. The van der Waals surface area contributed by atoms with E-state index in [4.69, 9.17) is 4.74 Å². The molecule has 0 fully saturated rings. The SMILES string of the molecule is COc1ncc(-c2ccncc2)cc1NC(=O)[C@H](Cc1ccccc1)c1cc([N+](=O)[O-])ccc1S(=O)(=O)O. The Labute approximate surface area is 218 Å². The van der Waals surface area contributed by atoms with E-state index in [2.05, 4.69) is 15.3 Å². The first-order chi connectivity index (χ1) is 18.2. The van der Waals surface area contributed by atoms with E-state index in [-0.39, 0.29) is 23.6 Å². The molecule has 2 aromatic carbocycles. The van der Waals surface area contributed by atoms with Crippen LogP contribution >= 0.6 is 0 Å². The monoisotopic (exact) mass is 534 g/mol. The number of rotatable bonds is 9. The highest BCUT2D eigenvalue weighted by atomic mass is 32.2. The van der Waals surface area contributed by atoms with Gasteiger partial charge in [0, 0.05) is 36.3 Å². The van der Waals surface area contributed by atoms with Gasteiger partial charge in [-0.15, -0.1) is 0 Å². The minimum absolute atomic E-state index is 0.0177. The maximum absolute atomic E-state index is 13.7. The molecule has 2 aromatic heterocycles. The molecule has 1 amide bonds. The first kappa shape index (κ1) is 26.4. The average Bonchev–Trinajstić information content (AvgIpc) is 2.91. The number of methoxy groups -OCH3 is 1. The van der Waals surface area contributed by atoms with Crippen LogP contribution in [-0.4, -0.2) is 40.9 Å². The number of amides is 1. The summed E-state index contributed by atoms with van der Waals surface area (Å²) in [5, 5.41) is 14.2. The second-order valence-electron chi connectivity index (χ2n) is 8.20. The molecule has 38 heavy (non-hydrogen) atoms. The van der Waals surface area contributed by atoms with E-state index in [9.17, 15) is 27.9 Å². The quantitative estimate of drug-likeness (QED) is 0.181. The fourth-order valence-electron chi connectivity index (χ4n) is 3.98. The molecule has 0 saturated carbocycles. The van der Waals surface area contributed by atoms with Crippen LogP contribution in [0.3, 0.4) is 0 Å². The molecular weight excluding hydrogens is 512 g/mol. The summed E-state index contributed by atoms with van der Waals surface area (Å²) in [6.07, 6.45) is 4.75. The second-order valence-corrected chi connectivity index (χ2v) is 9.59. The maximum Gasteiger partial charge on any atom is 0.294 e. The standard InChI is InChI=1S/C26H22N4O7S/c1-37-26-23(14-19(16-28-26)18-9-11-27-12-10-18)29-25(31)22(13-17-5-3-2-4-6-17)21-15-20(30(32)33)7-8-24(21)38(34,35)36/h2-12,14-16,22H,13H2,1H3,(H,29,31)(H,34,35,36)/t22-/m1/s1. The van der Waals surface area contributed by atoms with Crippen molar-refractivity contribution in [1.29, 1.82) is 0 Å². The van der Waals surface area contributed by atoms with Crippen molar-refractivity contribution >= 4 is 27.4 Å². The molecule has 0 bridgehead atoms. The number of carbonyl (C=O) groups excluding carboxylic acids is 1. The van der Waals surface area contributed by atoms with Crippen LogP contribution in [0, 0.1) is 10.1 Å². The van der Waals surface area contributed by atoms with Gasteiger partial charge in [0.25, 0.3) is 15.8 Å². The number of nitro benzene ring substituents is 1. The lowest BCUT2D eigenvalue weighted by atomic mass is 9.90. The van der Waals surface area contributed by atoms with Crippen LogP contribution in [0.25, 0.3) is 11.1 Å². The number of carbonyl (C=O) groups is 1. The van der Waals surface area contributed by atoms with E-state index >= 15 is 0 Å². The summed E-state index contributed by atoms with van der Waals surface area (Å²) in [4.78, 5) is 32.1. The zero-order valence-electron chi connectivity index (χ0n) is 20.0. The largest absolute Gasteiger partial charge is 0.480 e. The van der Waals surface area contributed by atoms with Gasteiger partial charge in [-0.1, -0.05) is 30.3 Å². The third-order valence-electron chi connectivity index (χ3n) is 5.77. The smallest absolute Gasteiger partial charge is 0.294 e. The van der Waals surface area contributed by atoms with Gasteiger partial charge < -0.3 is 10.1 Å². The van der Waals surface area contributed by atoms with Crippen molar-refractivity contribution in [1.82, 2.24) is 9.97 Å². The summed E-state index contributed by atoms with van der Waals surface area (Å²) in [6.45, 7) is 0. The molecule has 4 aromatic rings. The number of hydrogen-bond acceptors (Lipinski definition) is 8. The summed E-state index contributed by atoms with van der Waals surface area (Å²) < 4.78 is 39.6. The van der Waals surface area contributed by atoms with Crippen molar-refractivity contribution in [3.8, 4) is 17.0 Å². The van der Waals surface area contributed by atoms with Crippen LogP contribution in [0.2, 0.25) is 0 Å². The van der Waals surface area contributed by atoms with Gasteiger partial charge in [-0.2, -0.15) is 8.42 Å². The molecule has 194 valence electrons. The first-order valence-electron chi connectivity index (χ1n) is 11.2. The van der Waals surface area contributed by atoms with Gasteiger partial charge in [-0.05, 0) is 47.4 Å². The van der Waals surface area contributed by atoms with Crippen LogP contribution < -0.4 is 10.1 Å². The number of aromatic nitrogens is 2. The van der Waals surface area contributed by atoms with Crippen molar-refractivity contribution < 1.29 is 27.4 Å². The molecule has 0 aliphatic heterocycles. The molecule has 0 spiro atoms. The van der Waals surface area contributed by atoms with Crippen LogP contribution in [0.4, 0.5) is 11.4 Å². The van der Waals surface area contributed by atoms with Crippen LogP contribution in [0.1, 0.15) is 17.0 Å². The highest BCUT2D eigenvalue weighted by Gasteiger charge is 2.30. The first-order valence-corrected chi connectivity index (χ1v) is 12.7. The van der Waals surface area contributed by atoms with E-state index in [0.29, 0.717) is 11.1 Å². The predicted molar refractivity (Wildman–Crippen MR) is 138 cm³/mol. The highest BCUT2D eigenvalue weighted by Crippen LogP contribution is 2.34. The lowest BCUT2D eigenvalue weighted by Gasteiger charge is -2.20. The number of nitrogens with one attached hydrogen (secondary N) is 1. The molecule has 4 rings (SSSR count). The van der Waals surface area contributed by atoms with Crippen molar-refractivity contribution in [3.63, 3.8) is 0 Å². The molecule has 1 atom stereocenters. The van der Waals surface area contributed by atoms with Crippen molar-refractivity contribution in [2.45, 2.75) is 17.2 Å². The van der Waals surface area contributed by atoms with Gasteiger partial charge in [-0.3, -0.25) is 24.4 Å². The zero-order chi connectivity index (χ0) is 27.3. The number of nitrogens with zero attached hydrogens (tertiary/aromatic N) is 3. The average molecular weight is 535 g/mol. The van der Waals surface area contributed by atoms with Gasteiger partial charge in [0.1, 0.15) is 5.69 Å². The van der Waals surface area contributed by atoms with Gasteiger partial charge >= 0.3 is 0 Å². The number of hydrogen-bond donors (Lipinski definition) is 2. The van der Waals surface area contributed by atoms with Crippen LogP contribution in [-0.2, 0) is 21.3 Å². The number of anilines is 1. The Morgan fingerprint density at radius 2 is 1.79 bits per heavy atom. The second kappa shape index (κ2) is 11.2. The van der Waals surface area contributed by atoms with Crippen molar-refractivity contribution in [2.75, 3.05) is 12.4 Å². The van der Waals surface area contributed by atoms with E-state index in [1.165, 1.54) is 7.11 Å². The summed E-state index contributed by atoms with van der Waals surface area (Å²) in [6, 6.07) is 16.7. The van der Waals surface area contributed by atoms with E-state index in [0.717, 1.165) is 23.8 Å². The summed E-state index contributed by atoms with van der Waals surface area (Å²) >= 11 is 0. The summed E-state index contributed by atoms with van der Waals surface area (Å²) in [5.41, 5.74) is 1.63. The molecule has 0 saturated heterocycles. The summed E-state index contributed by atoms with van der Waals surface area (Å²) in [7, 11) is -3.44. The fourth-order valence-corrected chi connectivity index (χ4v) is 4.72. The van der Waals surface area contributed by atoms with E-state index in [1.807, 2.05) is 0 Å². The van der Waals surface area contributed by atoms with Crippen molar-refractivity contribution in [3.05, 3.63) is 107 Å². The minimum atomic E-state index is -4.82. The van der Waals surface area contributed by atoms with E-state index < -0.39 is 37.4 Å². The lowest BCUT2D eigenvalue weighted by molar-refractivity contribution is -0.385. The Balaban J connectivity index is 1.82. The number of benzene rings is 2. The Bertz CT molecular complexity index is 1580. The van der Waals surface area contributed by atoms with Gasteiger partial charge in [0.2, 0.25) is 11.8 Å². The molecule has 12 heteroatoms. The normalized spacial score (nSPS) is 11.9. The van der Waals surface area contributed by atoms with E-state index in [1.54, 1.807) is 67.1 Å². The third-order valence-corrected chi connectivity index (χ3v) is 6.70. The number of ether oxygens (including phenoxy) is 1. The molecule has 2 N–H and O–H groups in total. The Morgan fingerprint density at radius 3 is 2.42 bits per heavy atom. The van der Waals surface area contributed by atoms with Gasteiger partial charge in [-0.25, -0.2) is 4.98 Å². The van der Waals surface area contributed by atoms with Gasteiger partial charge in [0.15, 0.2) is 0 Å². The maximum atomic E-state index is 13.7. The minimum Gasteiger partial charge on any atom is -0.480 e. The Kier molecular flexibility index (Phi) is 7.74. The fraction of sp³-hybridized carbons (Fsp3) is 0.115.